The molecule has 2 aliphatic carbocycles. The standard InChI is InChI=1S/C19H36O2Si/c1-6-22(7-2,8-3)21-18-10-9-13-19(5)16(15(4)14-20)11-12-17(18)19/h14-18H,6-13H2,1-5H3/t15-,16-,17+,18+,19-/m1/s1. The van der Waals surface area contributed by atoms with Crippen LogP contribution in [-0.2, 0) is 9.22 Å². The molecule has 22 heavy (non-hydrogen) atoms. The molecule has 0 amide bonds. The van der Waals surface area contributed by atoms with Gasteiger partial charge in [0, 0.05) is 12.0 Å². The van der Waals surface area contributed by atoms with E-state index in [1.54, 1.807) is 0 Å². The zero-order chi connectivity index (χ0) is 16.4. The summed E-state index contributed by atoms with van der Waals surface area (Å²) in [5, 5.41) is 0. The molecule has 0 aromatic rings. The second kappa shape index (κ2) is 7.17. The predicted molar refractivity (Wildman–Crippen MR) is 95.5 cm³/mol. The molecule has 2 saturated carbocycles. The van der Waals surface area contributed by atoms with E-state index in [2.05, 4.69) is 34.6 Å². The first-order chi connectivity index (χ1) is 10.5. The summed E-state index contributed by atoms with van der Waals surface area (Å²) in [5.41, 5.74) is 0.332. The maximum Gasteiger partial charge on any atom is 0.192 e. The summed E-state index contributed by atoms with van der Waals surface area (Å²) in [6.07, 6.45) is 7.96. The molecule has 5 atom stereocenters. The third-order valence-electron chi connectivity index (χ3n) is 7.32. The summed E-state index contributed by atoms with van der Waals surface area (Å²) in [6.45, 7) is 11.6. The van der Waals surface area contributed by atoms with Gasteiger partial charge in [-0.15, -0.1) is 0 Å². The van der Waals surface area contributed by atoms with Crippen molar-refractivity contribution >= 4 is 14.6 Å². The highest BCUT2D eigenvalue weighted by Gasteiger charge is 2.53. The van der Waals surface area contributed by atoms with Crippen LogP contribution in [0.3, 0.4) is 0 Å². The highest BCUT2D eigenvalue weighted by Crippen LogP contribution is 2.58. The van der Waals surface area contributed by atoms with Crippen LogP contribution in [0.1, 0.15) is 66.7 Å². The van der Waals surface area contributed by atoms with Crippen LogP contribution in [0.15, 0.2) is 0 Å². The molecular weight excluding hydrogens is 288 g/mol. The zero-order valence-electron chi connectivity index (χ0n) is 15.4. The molecular formula is C19H36O2Si. The Morgan fingerprint density at radius 3 is 2.36 bits per heavy atom. The minimum Gasteiger partial charge on any atom is -0.414 e. The summed E-state index contributed by atoms with van der Waals surface area (Å²) in [5.74, 6) is 1.46. The van der Waals surface area contributed by atoms with Gasteiger partial charge in [0.1, 0.15) is 6.29 Å². The molecule has 0 radical (unpaired) electrons. The van der Waals surface area contributed by atoms with Crippen molar-refractivity contribution in [2.75, 3.05) is 0 Å². The van der Waals surface area contributed by atoms with Gasteiger partial charge in [0.2, 0.25) is 0 Å². The third-order valence-corrected chi connectivity index (χ3v) is 12.0. The lowest BCUT2D eigenvalue weighted by atomic mass is 9.62. The van der Waals surface area contributed by atoms with Crippen molar-refractivity contribution in [2.24, 2.45) is 23.2 Å². The molecule has 0 aromatic heterocycles. The summed E-state index contributed by atoms with van der Waals surface area (Å²) in [4.78, 5) is 11.3. The minimum atomic E-state index is -1.52. The van der Waals surface area contributed by atoms with Crippen molar-refractivity contribution in [2.45, 2.75) is 91.0 Å². The second-order valence-electron chi connectivity index (χ2n) is 8.08. The summed E-state index contributed by atoms with van der Waals surface area (Å²) in [6, 6.07) is 3.73. The first kappa shape index (κ1) is 18.2. The van der Waals surface area contributed by atoms with E-state index in [4.69, 9.17) is 4.43 Å². The molecule has 2 nitrogen and oxygen atoms in total. The van der Waals surface area contributed by atoms with Gasteiger partial charge in [-0.3, -0.25) is 0 Å². The van der Waals surface area contributed by atoms with Crippen LogP contribution < -0.4 is 0 Å². The number of rotatable bonds is 7. The maximum atomic E-state index is 11.3. The normalized spacial score (nSPS) is 36.9. The number of carbonyl (C=O) groups excluding carboxylic acids is 1. The average molecular weight is 325 g/mol. The van der Waals surface area contributed by atoms with Crippen molar-refractivity contribution in [1.82, 2.24) is 0 Å². The van der Waals surface area contributed by atoms with E-state index < -0.39 is 8.32 Å². The summed E-state index contributed by atoms with van der Waals surface area (Å²) < 4.78 is 6.92. The predicted octanol–water partition coefficient (Wildman–Crippen LogP) is 5.43. The Labute approximate surface area is 138 Å². The average Bonchev–Trinajstić information content (AvgIpc) is 2.90. The Kier molecular flexibility index (Phi) is 5.93. The SMILES string of the molecule is CC[Si](CC)(CC)O[C@H]1CCC[C@]2(C)[C@@H]([C@H](C)C=O)CC[C@@H]12. The number of hydrogen-bond acceptors (Lipinski definition) is 2. The first-order valence-corrected chi connectivity index (χ1v) is 12.1. The maximum absolute atomic E-state index is 11.3. The Hall–Kier alpha value is -0.153. The quantitative estimate of drug-likeness (QED) is 0.461. The fourth-order valence-electron chi connectivity index (χ4n) is 5.58. The molecule has 0 N–H and O–H groups in total. The van der Waals surface area contributed by atoms with E-state index in [1.165, 1.54) is 56.5 Å². The first-order valence-electron chi connectivity index (χ1n) is 9.59. The summed E-state index contributed by atoms with van der Waals surface area (Å²) in [7, 11) is -1.52. The lowest BCUT2D eigenvalue weighted by Gasteiger charge is -2.48. The fraction of sp³-hybridized carbons (Fsp3) is 0.947. The van der Waals surface area contributed by atoms with Crippen molar-refractivity contribution in [3.63, 3.8) is 0 Å². The smallest absolute Gasteiger partial charge is 0.192 e. The molecule has 0 spiro atoms. The van der Waals surface area contributed by atoms with Gasteiger partial charge in [-0.05, 0) is 61.1 Å². The minimum absolute atomic E-state index is 0.208. The van der Waals surface area contributed by atoms with Crippen molar-refractivity contribution in [1.29, 1.82) is 0 Å². The Balaban J connectivity index is 2.17. The molecule has 3 heteroatoms. The highest BCUT2D eigenvalue weighted by molar-refractivity contribution is 6.73. The lowest BCUT2D eigenvalue weighted by Crippen LogP contribution is -2.48. The molecule has 0 aromatic carbocycles. The van der Waals surface area contributed by atoms with E-state index in [1.807, 2.05) is 0 Å². The van der Waals surface area contributed by atoms with Crippen LogP contribution in [0.4, 0.5) is 0 Å². The molecule has 2 fully saturated rings. The van der Waals surface area contributed by atoms with Gasteiger partial charge in [-0.2, -0.15) is 0 Å². The van der Waals surface area contributed by atoms with Crippen LogP contribution in [0, 0.1) is 23.2 Å². The third kappa shape index (κ3) is 3.08. The molecule has 2 rings (SSSR count). The fourth-order valence-corrected chi connectivity index (χ4v) is 8.51. The number of fused-ring (bicyclic) bond motifs is 1. The van der Waals surface area contributed by atoms with E-state index >= 15 is 0 Å². The van der Waals surface area contributed by atoms with Gasteiger partial charge >= 0.3 is 0 Å². The Bertz CT molecular complexity index is 371. The number of carbonyl (C=O) groups is 1. The number of hydrogen-bond donors (Lipinski definition) is 0. The van der Waals surface area contributed by atoms with Crippen molar-refractivity contribution < 1.29 is 9.22 Å². The Morgan fingerprint density at radius 1 is 1.18 bits per heavy atom. The van der Waals surface area contributed by atoms with Gasteiger partial charge in [-0.1, -0.05) is 41.0 Å². The Morgan fingerprint density at radius 2 is 1.82 bits per heavy atom. The largest absolute Gasteiger partial charge is 0.414 e. The molecule has 0 saturated heterocycles. The molecule has 128 valence electrons. The van der Waals surface area contributed by atoms with E-state index in [0.717, 1.165) is 0 Å². The monoisotopic (exact) mass is 324 g/mol. The van der Waals surface area contributed by atoms with Gasteiger partial charge in [0.25, 0.3) is 0 Å². The van der Waals surface area contributed by atoms with Crippen molar-refractivity contribution in [3.8, 4) is 0 Å². The summed E-state index contributed by atoms with van der Waals surface area (Å²) >= 11 is 0. The van der Waals surface area contributed by atoms with Crippen LogP contribution in [0.5, 0.6) is 0 Å². The molecule has 0 unspecified atom stereocenters. The topological polar surface area (TPSA) is 26.3 Å². The lowest BCUT2D eigenvalue weighted by molar-refractivity contribution is -0.114. The van der Waals surface area contributed by atoms with Gasteiger partial charge < -0.3 is 9.22 Å². The zero-order valence-corrected chi connectivity index (χ0v) is 16.4. The highest BCUT2D eigenvalue weighted by atomic mass is 28.4. The molecule has 0 bridgehead atoms. The van der Waals surface area contributed by atoms with Gasteiger partial charge in [0.15, 0.2) is 8.32 Å². The molecule has 0 aliphatic heterocycles. The van der Waals surface area contributed by atoms with Crippen LogP contribution in [0.25, 0.3) is 0 Å². The van der Waals surface area contributed by atoms with Crippen LogP contribution in [0.2, 0.25) is 18.1 Å². The molecule has 2 aliphatic rings. The van der Waals surface area contributed by atoms with Crippen LogP contribution in [-0.4, -0.2) is 20.7 Å². The van der Waals surface area contributed by atoms with Crippen LogP contribution >= 0.6 is 0 Å². The van der Waals surface area contributed by atoms with Gasteiger partial charge in [0.05, 0.1) is 0 Å². The number of aldehydes is 1. The van der Waals surface area contributed by atoms with Crippen molar-refractivity contribution in [3.05, 3.63) is 0 Å². The van der Waals surface area contributed by atoms with E-state index in [0.29, 0.717) is 23.4 Å². The second-order valence-corrected chi connectivity index (χ2v) is 12.8. The van der Waals surface area contributed by atoms with E-state index in [9.17, 15) is 4.79 Å². The molecule has 0 heterocycles. The van der Waals surface area contributed by atoms with Gasteiger partial charge in [-0.25, -0.2) is 0 Å². The van der Waals surface area contributed by atoms with E-state index in [-0.39, 0.29) is 5.92 Å².